The SMILES string of the molecule is Cc1cnc(N2CC[C@@H](Nc3ccc4c(C5CCC(=O)NC5=O)nn(C)c4c3)[C@H](C)C2)nc1Nc1ccc2c(c1)cc(OCC(=O)N(C)C)c(=O)n2C. The van der Waals surface area contributed by atoms with Gasteiger partial charge in [-0.25, -0.2) is 4.98 Å². The van der Waals surface area contributed by atoms with Crippen LogP contribution < -0.4 is 31.1 Å². The minimum Gasteiger partial charge on any atom is -0.478 e. The van der Waals surface area contributed by atoms with E-state index in [2.05, 4.69) is 43.9 Å². The van der Waals surface area contributed by atoms with Gasteiger partial charge in [0.25, 0.3) is 11.5 Å². The van der Waals surface area contributed by atoms with E-state index in [4.69, 9.17) is 9.72 Å². The van der Waals surface area contributed by atoms with Gasteiger partial charge in [-0.1, -0.05) is 6.92 Å². The van der Waals surface area contributed by atoms with Crippen molar-refractivity contribution in [3.8, 4) is 5.75 Å². The molecule has 5 heterocycles. The summed E-state index contributed by atoms with van der Waals surface area (Å²) >= 11 is 0. The van der Waals surface area contributed by atoms with Gasteiger partial charge in [-0.15, -0.1) is 0 Å². The second-order valence-corrected chi connectivity index (χ2v) is 14.3. The van der Waals surface area contributed by atoms with Crippen LogP contribution in [0.2, 0.25) is 0 Å². The number of aromatic nitrogens is 5. The maximum absolute atomic E-state index is 12.9. The first-order valence-electron chi connectivity index (χ1n) is 17.8. The molecule has 0 spiro atoms. The molecule has 3 atom stereocenters. The van der Waals surface area contributed by atoms with Crippen molar-refractivity contribution >= 4 is 62.7 Å². The van der Waals surface area contributed by atoms with E-state index in [1.807, 2.05) is 50.5 Å². The van der Waals surface area contributed by atoms with E-state index < -0.39 is 5.92 Å². The number of imide groups is 1. The maximum Gasteiger partial charge on any atom is 0.293 e. The predicted molar refractivity (Wildman–Crippen MR) is 203 cm³/mol. The summed E-state index contributed by atoms with van der Waals surface area (Å²) in [4.78, 5) is 62.4. The number of pyridine rings is 1. The molecule has 5 aromatic rings. The van der Waals surface area contributed by atoms with Crippen LogP contribution in [0.5, 0.6) is 5.75 Å². The van der Waals surface area contributed by atoms with Crippen LogP contribution in [-0.2, 0) is 28.5 Å². The number of nitrogens with one attached hydrogen (secondary N) is 3. The number of nitrogens with zero attached hydrogens (tertiary/aromatic N) is 7. The van der Waals surface area contributed by atoms with E-state index in [0.717, 1.165) is 58.3 Å². The second kappa shape index (κ2) is 14.2. The van der Waals surface area contributed by atoms with E-state index in [1.54, 1.807) is 31.9 Å². The lowest BCUT2D eigenvalue weighted by atomic mass is 9.92. The highest BCUT2D eigenvalue weighted by molar-refractivity contribution is 6.02. The molecule has 15 nitrogen and oxygen atoms in total. The molecule has 0 bridgehead atoms. The maximum atomic E-state index is 12.9. The van der Waals surface area contributed by atoms with Gasteiger partial charge in [0.2, 0.25) is 17.8 Å². The summed E-state index contributed by atoms with van der Waals surface area (Å²) in [6.07, 6.45) is 3.47. The van der Waals surface area contributed by atoms with Gasteiger partial charge >= 0.3 is 0 Å². The minimum atomic E-state index is -0.441. The summed E-state index contributed by atoms with van der Waals surface area (Å²) in [5.41, 5.74) is 4.69. The summed E-state index contributed by atoms with van der Waals surface area (Å²) in [6.45, 7) is 5.47. The Labute approximate surface area is 306 Å². The fourth-order valence-electron chi connectivity index (χ4n) is 7.09. The zero-order valence-electron chi connectivity index (χ0n) is 30.8. The molecule has 2 saturated heterocycles. The number of carbonyl (C=O) groups excluding carboxylic acids is 3. The quantitative estimate of drug-likeness (QED) is 0.190. The molecule has 7 rings (SSSR count). The molecule has 276 valence electrons. The topological polar surface area (TPSA) is 169 Å². The molecule has 3 N–H and O–H groups in total. The molecule has 0 saturated carbocycles. The van der Waals surface area contributed by atoms with Gasteiger partial charge in [0.1, 0.15) is 5.82 Å². The molecular weight excluding hydrogens is 676 g/mol. The molecule has 53 heavy (non-hydrogen) atoms. The lowest BCUT2D eigenvalue weighted by Gasteiger charge is -2.38. The van der Waals surface area contributed by atoms with E-state index in [9.17, 15) is 19.2 Å². The van der Waals surface area contributed by atoms with Crippen molar-refractivity contribution in [3.05, 3.63) is 70.3 Å². The second-order valence-electron chi connectivity index (χ2n) is 14.3. The summed E-state index contributed by atoms with van der Waals surface area (Å²) in [6, 6.07) is 13.7. The van der Waals surface area contributed by atoms with Crippen LogP contribution in [0, 0.1) is 12.8 Å². The van der Waals surface area contributed by atoms with Crippen LogP contribution in [-0.4, -0.2) is 86.8 Å². The van der Waals surface area contributed by atoms with Gasteiger partial charge in [-0.2, -0.15) is 10.1 Å². The Morgan fingerprint density at radius 1 is 1.04 bits per heavy atom. The minimum absolute atomic E-state index is 0.108. The van der Waals surface area contributed by atoms with Gasteiger partial charge in [0, 0.05) is 87.7 Å². The number of anilines is 4. The highest BCUT2D eigenvalue weighted by Gasteiger charge is 2.32. The smallest absolute Gasteiger partial charge is 0.293 e. The van der Waals surface area contributed by atoms with Crippen molar-refractivity contribution in [1.82, 2.24) is 34.5 Å². The van der Waals surface area contributed by atoms with E-state index in [-0.39, 0.29) is 47.6 Å². The van der Waals surface area contributed by atoms with Gasteiger partial charge in [-0.3, -0.25) is 29.2 Å². The van der Waals surface area contributed by atoms with Crippen molar-refractivity contribution in [2.45, 2.75) is 45.1 Å². The number of benzene rings is 2. The summed E-state index contributed by atoms with van der Waals surface area (Å²) < 4.78 is 8.92. The molecule has 15 heteroatoms. The van der Waals surface area contributed by atoms with E-state index in [1.165, 1.54) is 9.47 Å². The number of likely N-dealkylation sites (N-methyl/N-ethyl adjacent to an activating group) is 1. The molecule has 2 fully saturated rings. The van der Waals surface area contributed by atoms with Gasteiger partial charge in [0.05, 0.1) is 22.6 Å². The highest BCUT2D eigenvalue weighted by Crippen LogP contribution is 2.33. The number of aryl methyl sites for hydroxylation is 3. The molecule has 0 radical (unpaired) electrons. The van der Waals surface area contributed by atoms with Gasteiger partial charge in [-0.05, 0) is 68.1 Å². The van der Waals surface area contributed by atoms with Crippen LogP contribution in [0.3, 0.4) is 0 Å². The molecular formula is C38H44N10O5. The molecule has 2 aliphatic heterocycles. The zero-order chi connectivity index (χ0) is 37.6. The molecule has 0 aliphatic carbocycles. The number of amides is 3. The first-order valence-corrected chi connectivity index (χ1v) is 17.8. The molecule has 2 aliphatic rings. The van der Waals surface area contributed by atoms with Crippen LogP contribution in [0.25, 0.3) is 21.8 Å². The monoisotopic (exact) mass is 720 g/mol. The fraction of sp³-hybridized carbons (Fsp3) is 0.395. The Morgan fingerprint density at radius 2 is 1.83 bits per heavy atom. The Balaban J connectivity index is 1.03. The normalized spacial score (nSPS) is 19.0. The standard InChI is InChI=1S/C38H44N10O5/c1-21-18-39-38(43-35(21)41-24-8-11-29-23(15-24)16-31(37(52)46(29)5)53-20-33(50)45(3)4)48-14-13-28(22(2)19-48)40-25-7-9-26-30(17-25)47(6)44-34(26)27-10-12-32(49)42-36(27)51/h7-9,11,15-18,22,27-28,40H,10,12-14,19-20H2,1-6H3,(H,39,41,43)(H,42,49,51)/t22-,27?,28-/m1/s1. The van der Waals surface area contributed by atoms with Crippen LogP contribution in [0.15, 0.2) is 53.5 Å². The average molecular weight is 721 g/mol. The Bertz CT molecular complexity index is 2310. The van der Waals surface area contributed by atoms with Crippen LogP contribution in [0.1, 0.15) is 43.4 Å². The molecule has 3 aromatic heterocycles. The van der Waals surface area contributed by atoms with Crippen molar-refractivity contribution in [2.75, 3.05) is 49.3 Å². The number of carbonyl (C=O) groups is 3. The van der Waals surface area contributed by atoms with Gasteiger partial charge < -0.3 is 29.7 Å². The molecule has 2 aromatic carbocycles. The largest absolute Gasteiger partial charge is 0.478 e. The van der Waals surface area contributed by atoms with Gasteiger partial charge in [0.15, 0.2) is 12.4 Å². The fourth-order valence-corrected chi connectivity index (χ4v) is 7.09. The van der Waals surface area contributed by atoms with E-state index in [0.29, 0.717) is 30.3 Å². The van der Waals surface area contributed by atoms with Crippen LogP contribution >= 0.6 is 0 Å². The number of hydrogen-bond donors (Lipinski definition) is 3. The third-order valence-electron chi connectivity index (χ3n) is 10.3. The van der Waals surface area contributed by atoms with Crippen molar-refractivity contribution in [3.63, 3.8) is 0 Å². The number of fused-ring (bicyclic) bond motifs is 2. The van der Waals surface area contributed by atoms with Crippen molar-refractivity contribution in [1.29, 1.82) is 0 Å². The summed E-state index contributed by atoms with van der Waals surface area (Å²) in [7, 11) is 6.83. The average Bonchev–Trinajstić information content (AvgIpc) is 3.45. The van der Waals surface area contributed by atoms with Crippen LogP contribution in [0.4, 0.5) is 23.1 Å². The van der Waals surface area contributed by atoms with E-state index >= 15 is 0 Å². The zero-order valence-corrected chi connectivity index (χ0v) is 30.8. The summed E-state index contributed by atoms with van der Waals surface area (Å²) in [5.74, 6) is 0.510. The Hall–Kier alpha value is -5.99. The number of hydrogen-bond acceptors (Lipinski definition) is 11. The third kappa shape index (κ3) is 7.10. The molecule has 1 unspecified atom stereocenters. The highest BCUT2D eigenvalue weighted by atomic mass is 16.5. The Kier molecular flexibility index (Phi) is 9.49. The first kappa shape index (κ1) is 35.4. The number of rotatable bonds is 9. The van der Waals surface area contributed by atoms with Crippen molar-refractivity contribution < 1.29 is 19.1 Å². The van der Waals surface area contributed by atoms with Crippen molar-refractivity contribution in [2.24, 2.45) is 20.0 Å². The first-order chi connectivity index (χ1) is 25.4. The third-order valence-corrected chi connectivity index (χ3v) is 10.3. The molecule has 3 amide bonds. The predicted octanol–water partition coefficient (Wildman–Crippen LogP) is 3.58. The lowest BCUT2D eigenvalue weighted by Crippen LogP contribution is -2.46. The Morgan fingerprint density at radius 3 is 2.58 bits per heavy atom. The number of piperidine rings is 2. The lowest BCUT2D eigenvalue weighted by molar-refractivity contribution is -0.134. The number of ether oxygens (including phenoxy) is 1. The summed E-state index contributed by atoms with van der Waals surface area (Å²) in [5, 5.41) is 16.0.